The molecule has 1 aliphatic heterocycles. The van der Waals surface area contributed by atoms with Crippen LogP contribution in [-0.2, 0) is 6.54 Å². The maximum Gasteiger partial charge on any atom is 0.123 e. The summed E-state index contributed by atoms with van der Waals surface area (Å²) in [4.78, 5) is 2.23. The largest absolute Gasteiger partial charge is 0.298 e. The van der Waals surface area contributed by atoms with E-state index in [4.69, 9.17) is 5.26 Å². The van der Waals surface area contributed by atoms with Crippen LogP contribution in [0, 0.1) is 23.1 Å². The minimum Gasteiger partial charge on any atom is -0.298 e. The molecule has 1 aromatic rings. The molecular formula is C13H15FN2. The van der Waals surface area contributed by atoms with Crippen LogP contribution < -0.4 is 0 Å². The molecule has 0 aromatic heterocycles. The molecule has 0 saturated carbocycles. The van der Waals surface area contributed by atoms with E-state index in [9.17, 15) is 4.39 Å². The Labute approximate surface area is 95.3 Å². The zero-order chi connectivity index (χ0) is 11.4. The summed E-state index contributed by atoms with van der Waals surface area (Å²) in [6, 6.07) is 9.00. The zero-order valence-corrected chi connectivity index (χ0v) is 9.19. The van der Waals surface area contributed by atoms with Gasteiger partial charge in [0.05, 0.1) is 12.0 Å². The van der Waals surface area contributed by atoms with Gasteiger partial charge in [0, 0.05) is 13.1 Å². The molecule has 1 aromatic carbocycles. The van der Waals surface area contributed by atoms with Crippen molar-refractivity contribution in [2.24, 2.45) is 5.92 Å². The lowest BCUT2D eigenvalue weighted by atomic mass is 9.99. The quantitative estimate of drug-likeness (QED) is 0.762. The molecule has 0 radical (unpaired) electrons. The van der Waals surface area contributed by atoms with Crippen LogP contribution in [-0.4, -0.2) is 18.0 Å². The fourth-order valence-corrected chi connectivity index (χ4v) is 2.20. The Hall–Kier alpha value is -1.40. The summed E-state index contributed by atoms with van der Waals surface area (Å²) in [6.45, 7) is 2.57. The van der Waals surface area contributed by atoms with Gasteiger partial charge in [-0.1, -0.05) is 12.1 Å². The maximum atomic E-state index is 13.0. The van der Waals surface area contributed by atoms with E-state index in [1.54, 1.807) is 12.1 Å². The Kier molecular flexibility index (Phi) is 3.53. The molecule has 1 unspecified atom stereocenters. The van der Waals surface area contributed by atoms with Crippen molar-refractivity contribution in [2.45, 2.75) is 19.4 Å². The summed E-state index contributed by atoms with van der Waals surface area (Å²) in [7, 11) is 0. The third-order valence-electron chi connectivity index (χ3n) is 2.98. The minimum absolute atomic E-state index is 0.141. The van der Waals surface area contributed by atoms with E-state index >= 15 is 0 Å². The molecule has 0 bridgehead atoms. The number of halogens is 1. The highest BCUT2D eigenvalue weighted by molar-refractivity contribution is 5.16. The number of nitriles is 1. The fourth-order valence-electron chi connectivity index (χ4n) is 2.20. The molecule has 1 fully saturated rings. The van der Waals surface area contributed by atoms with Gasteiger partial charge in [0.1, 0.15) is 5.82 Å². The molecule has 84 valence electrons. The zero-order valence-electron chi connectivity index (χ0n) is 9.19. The van der Waals surface area contributed by atoms with E-state index in [1.165, 1.54) is 6.07 Å². The van der Waals surface area contributed by atoms with Crippen LogP contribution >= 0.6 is 0 Å². The second-order valence-electron chi connectivity index (χ2n) is 4.33. The number of likely N-dealkylation sites (tertiary alicyclic amines) is 1. The highest BCUT2D eigenvalue weighted by Crippen LogP contribution is 2.18. The van der Waals surface area contributed by atoms with Crippen molar-refractivity contribution >= 4 is 0 Å². The molecule has 0 spiro atoms. The molecule has 1 heterocycles. The number of hydrogen-bond donors (Lipinski definition) is 0. The van der Waals surface area contributed by atoms with Crippen molar-refractivity contribution in [3.8, 4) is 6.07 Å². The molecule has 1 atom stereocenters. The smallest absolute Gasteiger partial charge is 0.123 e. The molecule has 0 amide bonds. The highest BCUT2D eigenvalue weighted by atomic mass is 19.1. The van der Waals surface area contributed by atoms with E-state index in [-0.39, 0.29) is 11.7 Å². The first-order valence-corrected chi connectivity index (χ1v) is 5.64. The molecule has 0 aliphatic carbocycles. The van der Waals surface area contributed by atoms with Gasteiger partial charge >= 0.3 is 0 Å². The van der Waals surface area contributed by atoms with E-state index in [2.05, 4.69) is 11.0 Å². The lowest BCUT2D eigenvalue weighted by molar-refractivity contribution is 0.192. The lowest BCUT2D eigenvalue weighted by Crippen LogP contribution is -2.34. The van der Waals surface area contributed by atoms with E-state index < -0.39 is 0 Å². The standard InChI is InChI=1S/C13H15FN2/c14-13-5-1-3-11(7-13)9-16-6-2-4-12(8-15)10-16/h1,3,5,7,12H,2,4,6,9-10H2. The Morgan fingerprint density at radius 3 is 3.12 bits per heavy atom. The van der Waals surface area contributed by atoms with Crippen molar-refractivity contribution in [3.63, 3.8) is 0 Å². The van der Waals surface area contributed by atoms with Crippen molar-refractivity contribution in [3.05, 3.63) is 35.6 Å². The second-order valence-corrected chi connectivity index (χ2v) is 4.33. The van der Waals surface area contributed by atoms with Gasteiger partial charge in [-0.2, -0.15) is 5.26 Å². The third kappa shape index (κ3) is 2.80. The molecule has 0 N–H and O–H groups in total. The number of hydrogen-bond acceptors (Lipinski definition) is 2. The van der Waals surface area contributed by atoms with Crippen LogP contribution in [0.2, 0.25) is 0 Å². The monoisotopic (exact) mass is 218 g/mol. The summed E-state index contributed by atoms with van der Waals surface area (Å²) in [5.41, 5.74) is 0.985. The third-order valence-corrected chi connectivity index (χ3v) is 2.98. The fraction of sp³-hybridized carbons (Fsp3) is 0.462. The molecule has 2 rings (SSSR count). The molecule has 16 heavy (non-hydrogen) atoms. The Balaban J connectivity index is 1.97. The lowest BCUT2D eigenvalue weighted by Gasteiger charge is -2.29. The average Bonchev–Trinajstić information content (AvgIpc) is 2.29. The van der Waals surface area contributed by atoms with E-state index in [0.29, 0.717) is 0 Å². The predicted molar refractivity (Wildman–Crippen MR) is 60.0 cm³/mol. The van der Waals surface area contributed by atoms with Gasteiger partial charge < -0.3 is 0 Å². The maximum absolute atomic E-state index is 13.0. The van der Waals surface area contributed by atoms with Gasteiger partial charge in [-0.25, -0.2) is 4.39 Å². The van der Waals surface area contributed by atoms with Gasteiger partial charge in [-0.05, 0) is 37.1 Å². The second kappa shape index (κ2) is 5.09. The highest BCUT2D eigenvalue weighted by Gasteiger charge is 2.19. The summed E-state index contributed by atoms with van der Waals surface area (Å²) in [5.74, 6) is -0.0475. The van der Waals surface area contributed by atoms with Crippen LogP contribution in [0.5, 0.6) is 0 Å². The molecule has 2 nitrogen and oxygen atoms in total. The summed E-state index contributed by atoms with van der Waals surface area (Å²) in [6.07, 6.45) is 2.06. The topological polar surface area (TPSA) is 27.0 Å². The van der Waals surface area contributed by atoms with Crippen LogP contribution in [0.15, 0.2) is 24.3 Å². The number of benzene rings is 1. The minimum atomic E-state index is -0.189. The first kappa shape index (κ1) is 11.1. The van der Waals surface area contributed by atoms with Crippen LogP contribution in [0.1, 0.15) is 18.4 Å². The summed E-state index contributed by atoms with van der Waals surface area (Å²) < 4.78 is 13.0. The van der Waals surface area contributed by atoms with Crippen molar-refractivity contribution in [1.29, 1.82) is 5.26 Å². The van der Waals surface area contributed by atoms with Gasteiger partial charge in [0.15, 0.2) is 0 Å². The van der Waals surface area contributed by atoms with Gasteiger partial charge in [-0.15, -0.1) is 0 Å². The first-order chi connectivity index (χ1) is 7.78. The van der Waals surface area contributed by atoms with Crippen LogP contribution in [0.25, 0.3) is 0 Å². The molecule has 1 aliphatic rings. The van der Waals surface area contributed by atoms with Crippen LogP contribution in [0.4, 0.5) is 4.39 Å². The Morgan fingerprint density at radius 2 is 2.38 bits per heavy atom. The van der Waals surface area contributed by atoms with E-state index in [0.717, 1.165) is 38.0 Å². The van der Waals surface area contributed by atoms with E-state index in [1.807, 2.05) is 6.07 Å². The number of rotatable bonds is 2. The van der Waals surface area contributed by atoms with Crippen molar-refractivity contribution in [1.82, 2.24) is 4.90 Å². The van der Waals surface area contributed by atoms with Crippen molar-refractivity contribution in [2.75, 3.05) is 13.1 Å². The molecule has 1 saturated heterocycles. The molecule has 3 heteroatoms. The Bertz CT molecular complexity index is 397. The van der Waals surface area contributed by atoms with Gasteiger partial charge in [0.25, 0.3) is 0 Å². The Morgan fingerprint density at radius 1 is 1.50 bits per heavy atom. The van der Waals surface area contributed by atoms with Crippen molar-refractivity contribution < 1.29 is 4.39 Å². The molecular weight excluding hydrogens is 203 g/mol. The average molecular weight is 218 g/mol. The normalized spacial score (nSPS) is 21.6. The SMILES string of the molecule is N#CC1CCCN(Cc2cccc(F)c2)C1. The van der Waals surface area contributed by atoms with Crippen LogP contribution in [0.3, 0.4) is 0 Å². The number of nitrogens with zero attached hydrogens (tertiary/aromatic N) is 2. The van der Waals surface area contributed by atoms with Gasteiger partial charge in [-0.3, -0.25) is 4.90 Å². The summed E-state index contributed by atoms with van der Waals surface area (Å²) in [5, 5.41) is 8.88. The van der Waals surface area contributed by atoms with Gasteiger partial charge in [0.2, 0.25) is 0 Å². The first-order valence-electron chi connectivity index (χ1n) is 5.64. The summed E-state index contributed by atoms with van der Waals surface area (Å²) >= 11 is 0. The number of piperidine rings is 1. The predicted octanol–water partition coefficient (Wildman–Crippen LogP) is 2.56.